The summed E-state index contributed by atoms with van der Waals surface area (Å²) in [5, 5.41) is 2.56. The van der Waals surface area contributed by atoms with E-state index in [1.54, 1.807) is 38.1 Å². The van der Waals surface area contributed by atoms with E-state index in [0.29, 0.717) is 10.8 Å². The van der Waals surface area contributed by atoms with Crippen LogP contribution in [0.3, 0.4) is 0 Å². The monoisotopic (exact) mass is 310 g/mol. The van der Waals surface area contributed by atoms with Gasteiger partial charge in [-0.25, -0.2) is 0 Å². The van der Waals surface area contributed by atoms with Gasteiger partial charge in [0.15, 0.2) is 6.10 Å². The Morgan fingerprint density at radius 3 is 2.76 bits per heavy atom. The van der Waals surface area contributed by atoms with Crippen LogP contribution in [0.25, 0.3) is 0 Å². The first-order valence-corrected chi connectivity index (χ1v) is 6.83. The van der Waals surface area contributed by atoms with Gasteiger partial charge in [-0.3, -0.25) is 19.7 Å². The lowest BCUT2D eigenvalue weighted by Crippen LogP contribution is -2.60. The fourth-order valence-corrected chi connectivity index (χ4v) is 2.18. The second-order valence-corrected chi connectivity index (χ2v) is 5.15. The van der Waals surface area contributed by atoms with E-state index in [0.717, 1.165) is 0 Å². The minimum Gasteiger partial charge on any atom is -0.479 e. The molecule has 3 amide bonds. The molecule has 112 valence electrons. The molecule has 0 spiro atoms. The Bertz CT molecular complexity index is 590. The third kappa shape index (κ3) is 3.33. The van der Waals surface area contributed by atoms with Gasteiger partial charge in [0.25, 0.3) is 5.91 Å². The van der Waals surface area contributed by atoms with Gasteiger partial charge >= 0.3 is 0 Å². The van der Waals surface area contributed by atoms with Crippen molar-refractivity contribution in [2.45, 2.75) is 26.0 Å². The third-order valence-corrected chi connectivity index (χ3v) is 3.51. The summed E-state index contributed by atoms with van der Waals surface area (Å²) in [7, 11) is 0. The molecular weight excluding hydrogens is 296 g/mol. The fourth-order valence-electron chi connectivity index (χ4n) is 2.00. The molecule has 1 aliphatic rings. The van der Waals surface area contributed by atoms with E-state index in [2.05, 4.69) is 5.32 Å². The maximum Gasteiger partial charge on any atom is 0.264 e. The van der Waals surface area contributed by atoms with E-state index in [1.807, 2.05) is 0 Å². The first kappa shape index (κ1) is 15.3. The van der Waals surface area contributed by atoms with Crippen molar-refractivity contribution >= 4 is 29.3 Å². The average molecular weight is 311 g/mol. The summed E-state index contributed by atoms with van der Waals surface area (Å²) >= 11 is 5.97. The van der Waals surface area contributed by atoms with Crippen LogP contribution in [0.2, 0.25) is 5.02 Å². The average Bonchev–Trinajstić information content (AvgIpc) is 2.44. The van der Waals surface area contributed by atoms with Gasteiger partial charge in [-0.2, -0.15) is 0 Å². The van der Waals surface area contributed by atoms with Gasteiger partial charge in [0.1, 0.15) is 18.3 Å². The molecule has 0 radical (unpaired) electrons. The minimum absolute atomic E-state index is 0.165. The van der Waals surface area contributed by atoms with E-state index in [9.17, 15) is 14.4 Å². The quantitative estimate of drug-likeness (QED) is 0.845. The molecule has 1 aliphatic heterocycles. The first-order valence-electron chi connectivity index (χ1n) is 6.45. The highest BCUT2D eigenvalue weighted by atomic mass is 35.5. The molecule has 2 rings (SSSR count). The van der Waals surface area contributed by atoms with Crippen molar-refractivity contribution in [1.29, 1.82) is 0 Å². The molecule has 1 fully saturated rings. The Balaban J connectivity index is 2.10. The number of nitrogens with one attached hydrogen (secondary N) is 1. The SMILES string of the molecule is CC(Oc1ccccc1Cl)C(=O)N1CC(=O)NC(=O)C1C. The largest absolute Gasteiger partial charge is 0.479 e. The van der Waals surface area contributed by atoms with Crippen molar-refractivity contribution in [2.24, 2.45) is 0 Å². The molecule has 0 bridgehead atoms. The zero-order valence-corrected chi connectivity index (χ0v) is 12.4. The number of piperazine rings is 1. The highest BCUT2D eigenvalue weighted by molar-refractivity contribution is 6.32. The number of imide groups is 1. The van der Waals surface area contributed by atoms with E-state index >= 15 is 0 Å². The molecule has 0 aromatic heterocycles. The Morgan fingerprint density at radius 2 is 2.10 bits per heavy atom. The lowest BCUT2D eigenvalue weighted by molar-refractivity contribution is -0.152. The van der Waals surface area contributed by atoms with Gasteiger partial charge in [-0.1, -0.05) is 23.7 Å². The lowest BCUT2D eigenvalue weighted by atomic mass is 10.1. The van der Waals surface area contributed by atoms with Gasteiger partial charge < -0.3 is 9.64 Å². The summed E-state index contributed by atoms with van der Waals surface area (Å²) < 4.78 is 5.51. The van der Waals surface area contributed by atoms with Crippen LogP contribution in [0.5, 0.6) is 5.75 Å². The highest BCUT2D eigenvalue weighted by Crippen LogP contribution is 2.24. The van der Waals surface area contributed by atoms with Gasteiger partial charge in [0.05, 0.1) is 5.02 Å². The Labute approximate surface area is 127 Å². The second-order valence-electron chi connectivity index (χ2n) is 4.75. The van der Waals surface area contributed by atoms with Crippen molar-refractivity contribution in [3.05, 3.63) is 29.3 Å². The fraction of sp³-hybridized carbons (Fsp3) is 0.357. The maximum atomic E-state index is 12.3. The Kier molecular flexibility index (Phi) is 4.47. The number of nitrogens with zero attached hydrogens (tertiary/aromatic N) is 1. The van der Waals surface area contributed by atoms with Crippen LogP contribution in [0.4, 0.5) is 0 Å². The number of hydrogen-bond donors (Lipinski definition) is 1. The van der Waals surface area contributed by atoms with Crippen LogP contribution in [-0.4, -0.2) is 41.3 Å². The molecule has 2 atom stereocenters. The number of benzene rings is 1. The van der Waals surface area contributed by atoms with Gasteiger partial charge in [0, 0.05) is 0 Å². The zero-order chi connectivity index (χ0) is 15.6. The van der Waals surface area contributed by atoms with Gasteiger partial charge in [-0.15, -0.1) is 0 Å². The molecule has 0 saturated carbocycles. The maximum absolute atomic E-state index is 12.3. The second kappa shape index (κ2) is 6.13. The van der Waals surface area contributed by atoms with E-state index in [4.69, 9.17) is 16.3 Å². The van der Waals surface area contributed by atoms with E-state index < -0.39 is 29.9 Å². The van der Waals surface area contributed by atoms with E-state index in [1.165, 1.54) is 4.90 Å². The molecule has 1 aromatic rings. The molecule has 7 heteroatoms. The van der Waals surface area contributed by atoms with Crippen LogP contribution in [0.1, 0.15) is 13.8 Å². The summed E-state index contributed by atoms with van der Waals surface area (Å²) in [5.74, 6) is -1.06. The number of rotatable bonds is 3. The Morgan fingerprint density at radius 1 is 1.43 bits per heavy atom. The van der Waals surface area contributed by atoms with Crippen molar-refractivity contribution in [3.8, 4) is 5.75 Å². The Hall–Kier alpha value is -2.08. The molecular formula is C14H15ClN2O4. The van der Waals surface area contributed by atoms with Crippen molar-refractivity contribution in [1.82, 2.24) is 10.2 Å². The van der Waals surface area contributed by atoms with Gasteiger partial charge in [-0.05, 0) is 26.0 Å². The standard InChI is InChI=1S/C14H15ClN2O4/c1-8-13(19)16-12(18)7-17(8)14(20)9(2)21-11-6-4-3-5-10(11)15/h3-6,8-9H,7H2,1-2H3,(H,16,18,19). The van der Waals surface area contributed by atoms with Crippen LogP contribution in [-0.2, 0) is 14.4 Å². The third-order valence-electron chi connectivity index (χ3n) is 3.19. The summed E-state index contributed by atoms with van der Waals surface area (Å²) in [4.78, 5) is 36.5. The van der Waals surface area contributed by atoms with Crippen LogP contribution in [0.15, 0.2) is 24.3 Å². The van der Waals surface area contributed by atoms with Crippen molar-refractivity contribution in [3.63, 3.8) is 0 Å². The lowest BCUT2D eigenvalue weighted by Gasteiger charge is -2.33. The molecule has 21 heavy (non-hydrogen) atoms. The zero-order valence-electron chi connectivity index (χ0n) is 11.6. The smallest absolute Gasteiger partial charge is 0.264 e. The number of halogens is 1. The summed E-state index contributed by atoms with van der Waals surface area (Å²) in [6.45, 7) is 2.94. The predicted molar refractivity (Wildman–Crippen MR) is 75.9 cm³/mol. The number of carbonyl (C=O) groups excluding carboxylic acids is 3. The van der Waals surface area contributed by atoms with Crippen LogP contribution in [0, 0.1) is 0 Å². The van der Waals surface area contributed by atoms with Gasteiger partial charge in [0.2, 0.25) is 11.8 Å². The van der Waals surface area contributed by atoms with Crippen LogP contribution >= 0.6 is 11.6 Å². The summed E-state index contributed by atoms with van der Waals surface area (Å²) in [5.41, 5.74) is 0. The molecule has 1 N–H and O–H groups in total. The molecule has 1 saturated heterocycles. The number of hydrogen-bond acceptors (Lipinski definition) is 4. The topological polar surface area (TPSA) is 75.7 Å². The number of carbonyl (C=O) groups is 3. The molecule has 1 heterocycles. The van der Waals surface area contributed by atoms with Crippen LogP contribution < -0.4 is 10.1 Å². The van der Waals surface area contributed by atoms with Crippen molar-refractivity contribution in [2.75, 3.05) is 6.54 Å². The number of amides is 3. The molecule has 2 unspecified atom stereocenters. The minimum atomic E-state index is -0.856. The molecule has 1 aromatic carbocycles. The van der Waals surface area contributed by atoms with E-state index in [-0.39, 0.29) is 6.54 Å². The number of para-hydroxylation sites is 1. The molecule has 6 nitrogen and oxygen atoms in total. The molecule has 0 aliphatic carbocycles. The summed E-state index contributed by atoms with van der Waals surface area (Å²) in [6.07, 6.45) is -0.856. The predicted octanol–water partition coefficient (Wildman–Crippen LogP) is 0.981. The normalized spacial score (nSPS) is 20.0. The highest BCUT2D eigenvalue weighted by Gasteiger charge is 2.36. The first-order chi connectivity index (χ1) is 9.90. The van der Waals surface area contributed by atoms with Crippen molar-refractivity contribution < 1.29 is 19.1 Å². The number of ether oxygens (including phenoxy) is 1. The summed E-state index contributed by atoms with van der Waals surface area (Å²) in [6, 6.07) is 6.06.